The molecular weight excluding hydrogens is 360 g/mol. The summed E-state index contributed by atoms with van der Waals surface area (Å²) < 4.78 is 23.5. The largest absolute Gasteiger partial charge is 0.449 e. The summed E-state index contributed by atoms with van der Waals surface area (Å²) in [6, 6.07) is 18.8. The van der Waals surface area contributed by atoms with Gasteiger partial charge < -0.3 is 18.9 Å². The van der Waals surface area contributed by atoms with Gasteiger partial charge in [0.15, 0.2) is 11.9 Å². The number of methoxy groups -OCH3 is 1. The number of hydrogen-bond donors (Lipinski definition) is 0. The number of benzene rings is 2. The standard InChI is InChI=1S/C22H24O6/c1-22(2)27-20(18(25-3)15-10-6-4-7-11-15)21(28-22)19(26-17(24)14-23)16-12-8-5-9-13-16/h4-14,18-21H,1-3H3/t18?,19-,20?,21+/m1/s1. The van der Waals surface area contributed by atoms with Crippen LogP contribution >= 0.6 is 0 Å². The molecule has 0 radical (unpaired) electrons. The molecule has 4 atom stereocenters. The zero-order valence-electron chi connectivity index (χ0n) is 16.1. The molecule has 3 rings (SSSR count). The average molecular weight is 384 g/mol. The van der Waals surface area contributed by atoms with Crippen LogP contribution in [0.3, 0.4) is 0 Å². The second-order valence-electron chi connectivity index (χ2n) is 7.02. The Labute approximate surface area is 164 Å². The normalized spacial score (nSPS) is 23.0. The van der Waals surface area contributed by atoms with Gasteiger partial charge in [-0.15, -0.1) is 0 Å². The smallest absolute Gasteiger partial charge is 0.372 e. The summed E-state index contributed by atoms with van der Waals surface area (Å²) in [5.74, 6) is -1.88. The van der Waals surface area contributed by atoms with E-state index >= 15 is 0 Å². The fraction of sp³-hybridized carbons (Fsp3) is 0.364. The highest BCUT2D eigenvalue weighted by Gasteiger charge is 2.50. The highest BCUT2D eigenvalue weighted by Crippen LogP contribution is 2.42. The number of aldehydes is 1. The Balaban J connectivity index is 2.00. The summed E-state index contributed by atoms with van der Waals surface area (Å²) in [4.78, 5) is 22.7. The van der Waals surface area contributed by atoms with Gasteiger partial charge in [-0.2, -0.15) is 0 Å². The number of ether oxygens (including phenoxy) is 4. The minimum absolute atomic E-state index is 0.150. The van der Waals surface area contributed by atoms with Crippen molar-refractivity contribution in [3.05, 3.63) is 71.8 Å². The molecule has 0 spiro atoms. The highest BCUT2D eigenvalue weighted by molar-refractivity contribution is 6.20. The minimum Gasteiger partial charge on any atom is -0.449 e. The Morgan fingerprint density at radius 2 is 1.39 bits per heavy atom. The zero-order chi connectivity index (χ0) is 20.1. The van der Waals surface area contributed by atoms with Crippen LogP contribution in [0, 0.1) is 0 Å². The Hall–Kier alpha value is -2.54. The summed E-state index contributed by atoms with van der Waals surface area (Å²) in [6.07, 6.45) is -2.36. The quantitative estimate of drug-likeness (QED) is 0.414. The third-order valence-electron chi connectivity index (χ3n) is 4.61. The Bertz CT molecular complexity index is 789. The fourth-order valence-corrected chi connectivity index (χ4v) is 3.51. The first-order valence-corrected chi connectivity index (χ1v) is 9.09. The van der Waals surface area contributed by atoms with Crippen LogP contribution in [0.1, 0.15) is 37.2 Å². The predicted octanol–water partition coefficient (Wildman–Crippen LogP) is 3.38. The SMILES string of the molecule is COC(c1ccccc1)C1OC(C)(C)O[C@H]1[C@H](OC(=O)C=O)c1ccccc1. The van der Waals surface area contributed by atoms with E-state index in [9.17, 15) is 9.59 Å². The average Bonchev–Trinajstić information content (AvgIpc) is 3.03. The van der Waals surface area contributed by atoms with Crippen molar-refractivity contribution in [2.75, 3.05) is 7.11 Å². The van der Waals surface area contributed by atoms with E-state index in [0.717, 1.165) is 5.56 Å². The summed E-state index contributed by atoms with van der Waals surface area (Å²) >= 11 is 0. The van der Waals surface area contributed by atoms with Crippen LogP contribution < -0.4 is 0 Å². The maximum absolute atomic E-state index is 11.8. The molecule has 0 bridgehead atoms. The lowest BCUT2D eigenvalue weighted by molar-refractivity contribution is -0.173. The van der Waals surface area contributed by atoms with Crippen LogP contribution in [0.4, 0.5) is 0 Å². The van der Waals surface area contributed by atoms with Gasteiger partial charge in [-0.05, 0) is 25.0 Å². The van der Waals surface area contributed by atoms with Crippen LogP contribution in [0.15, 0.2) is 60.7 Å². The molecule has 6 nitrogen and oxygen atoms in total. The van der Waals surface area contributed by atoms with Crippen molar-refractivity contribution < 1.29 is 28.5 Å². The van der Waals surface area contributed by atoms with Crippen molar-refractivity contribution in [3.63, 3.8) is 0 Å². The molecule has 2 unspecified atom stereocenters. The zero-order valence-corrected chi connectivity index (χ0v) is 16.1. The molecule has 0 saturated carbocycles. The maximum atomic E-state index is 11.8. The molecule has 6 heteroatoms. The molecule has 1 aliphatic heterocycles. The lowest BCUT2D eigenvalue weighted by Gasteiger charge is -2.30. The van der Waals surface area contributed by atoms with Crippen molar-refractivity contribution >= 4 is 12.3 Å². The van der Waals surface area contributed by atoms with Gasteiger partial charge in [0, 0.05) is 7.11 Å². The molecule has 148 valence electrons. The van der Waals surface area contributed by atoms with E-state index in [-0.39, 0.29) is 6.29 Å². The molecule has 1 fully saturated rings. The van der Waals surface area contributed by atoms with E-state index in [2.05, 4.69) is 0 Å². The van der Waals surface area contributed by atoms with Crippen molar-refractivity contribution in [2.24, 2.45) is 0 Å². The lowest BCUT2D eigenvalue weighted by Crippen LogP contribution is -2.37. The lowest BCUT2D eigenvalue weighted by atomic mass is 9.93. The molecule has 28 heavy (non-hydrogen) atoms. The summed E-state index contributed by atoms with van der Waals surface area (Å²) in [6.45, 7) is 3.59. The van der Waals surface area contributed by atoms with E-state index < -0.39 is 36.2 Å². The van der Waals surface area contributed by atoms with E-state index in [0.29, 0.717) is 5.56 Å². The molecular formula is C22H24O6. The van der Waals surface area contributed by atoms with E-state index in [1.807, 2.05) is 60.7 Å². The Morgan fingerprint density at radius 1 is 0.929 bits per heavy atom. The molecule has 1 saturated heterocycles. The predicted molar refractivity (Wildman–Crippen MR) is 101 cm³/mol. The Morgan fingerprint density at radius 3 is 1.86 bits per heavy atom. The van der Waals surface area contributed by atoms with Gasteiger partial charge in [0.1, 0.15) is 18.3 Å². The number of carbonyl (C=O) groups excluding carboxylic acids is 2. The molecule has 2 aromatic carbocycles. The van der Waals surface area contributed by atoms with Gasteiger partial charge in [-0.1, -0.05) is 60.7 Å². The van der Waals surface area contributed by atoms with Crippen LogP contribution in [0.2, 0.25) is 0 Å². The monoisotopic (exact) mass is 384 g/mol. The summed E-state index contributed by atoms with van der Waals surface area (Å²) in [7, 11) is 1.60. The third-order valence-corrected chi connectivity index (χ3v) is 4.61. The minimum atomic E-state index is -0.963. The summed E-state index contributed by atoms with van der Waals surface area (Å²) in [5, 5.41) is 0. The fourth-order valence-electron chi connectivity index (χ4n) is 3.51. The van der Waals surface area contributed by atoms with Crippen molar-refractivity contribution in [1.82, 2.24) is 0 Å². The topological polar surface area (TPSA) is 71.1 Å². The highest BCUT2D eigenvalue weighted by atomic mass is 16.8. The molecule has 0 aromatic heterocycles. The van der Waals surface area contributed by atoms with Crippen LogP contribution in [-0.2, 0) is 28.5 Å². The summed E-state index contributed by atoms with van der Waals surface area (Å²) in [5.41, 5.74) is 1.62. The van der Waals surface area contributed by atoms with Gasteiger partial charge in [0.05, 0.1) is 0 Å². The molecule has 0 amide bonds. The molecule has 1 heterocycles. The van der Waals surface area contributed by atoms with Crippen LogP contribution in [0.5, 0.6) is 0 Å². The molecule has 0 N–H and O–H groups in total. The number of esters is 1. The van der Waals surface area contributed by atoms with Gasteiger partial charge >= 0.3 is 5.97 Å². The maximum Gasteiger partial charge on any atom is 0.372 e. The number of rotatable bonds is 7. The first kappa shape index (κ1) is 20.2. The van der Waals surface area contributed by atoms with Crippen molar-refractivity contribution in [1.29, 1.82) is 0 Å². The molecule has 2 aromatic rings. The van der Waals surface area contributed by atoms with E-state index in [1.54, 1.807) is 21.0 Å². The second kappa shape index (κ2) is 8.65. The Kier molecular flexibility index (Phi) is 6.24. The van der Waals surface area contributed by atoms with Crippen molar-refractivity contribution in [2.45, 2.75) is 44.1 Å². The number of hydrogen-bond acceptors (Lipinski definition) is 6. The van der Waals surface area contributed by atoms with Gasteiger partial charge in [0.25, 0.3) is 0 Å². The van der Waals surface area contributed by atoms with Gasteiger partial charge in [-0.25, -0.2) is 4.79 Å². The van der Waals surface area contributed by atoms with Crippen LogP contribution in [0.25, 0.3) is 0 Å². The van der Waals surface area contributed by atoms with E-state index in [1.165, 1.54) is 0 Å². The van der Waals surface area contributed by atoms with Crippen molar-refractivity contribution in [3.8, 4) is 0 Å². The third kappa shape index (κ3) is 4.47. The first-order chi connectivity index (χ1) is 13.4. The van der Waals surface area contributed by atoms with Gasteiger partial charge in [-0.3, -0.25) is 4.79 Å². The van der Waals surface area contributed by atoms with E-state index in [4.69, 9.17) is 18.9 Å². The second-order valence-corrected chi connectivity index (χ2v) is 7.02. The number of carbonyl (C=O) groups is 2. The first-order valence-electron chi connectivity index (χ1n) is 9.09. The molecule has 0 aliphatic carbocycles. The van der Waals surface area contributed by atoms with Crippen LogP contribution in [-0.4, -0.2) is 37.4 Å². The van der Waals surface area contributed by atoms with Gasteiger partial charge in [0.2, 0.25) is 6.29 Å². The molecule has 1 aliphatic rings.